The molecule has 1 saturated heterocycles. The van der Waals surface area contributed by atoms with Gasteiger partial charge in [-0.15, -0.1) is 0 Å². The fraction of sp³-hybridized carbons (Fsp3) is 0.920. The summed E-state index contributed by atoms with van der Waals surface area (Å²) in [6.07, 6.45) is 71.9. The molecule has 1 aliphatic rings. The molecule has 0 aliphatic carbocycles. The molecule has 1 heterocycles. The number of amides is 1. The first-order valence-corrected chi connectivity index (χ1v) is 37.6. The van der Waals surface area contributed by atoms with Gasteiger partial charge in [-0.25, -0.2) is 0 Å². The zero-order valence-corrected chi connectivity index (χ0v) is 56.6. The summed E-state index contributed by atoms with van der Waals surface area (Å²) >= 11 is 0. The molecule has 1 rings (SSSR count). The van der Waals surface area contributed by atoms with Gasteiger partial charge in [-0.05, 0) is 44.9 Å². The van der Waals surface area contributed by atoms with Gasteiger partial charge in [0, 0.05) is 12.8 Å². The Morgan fingerprint density at radius 2 is 0.756 bits per heavy atom. The fourth-order valence-corrected chi connectivity index (χ4v) is 12.2. The van der Waals surface area contributed by atoms with Crippen LogP contribution in [0.3, 0.4) is 0 Å². The molecule has 7 unspecified atom stereocenters. The summed E-state index contributed by atoms with van der Waals surface area (Å²) in [5.41, 5.74) is 0. The van der Waals surface area contributed by atoms with Crippen molar-refractivity contribution in [3.63, 3.8) is 0 Å². The Kier molecular flexibility index (Phi) is 61.8. The van der Waals surface area contributed by atoms with E-state index in [9.17, 15) is 35.1 Å². The highest BCUT2D eigenvalue weighted by molar-refractivity contribution is 5.76. The topological polar surface area (TPSA) is 175 Å². The predicted octanol–water partition coefficient (Wildman–Crippen LogP) is 19.6. The van der Waals surface area contributed by atoms with Gasteiger partial charge >= 0.3 is 5.97 Å². The van der Waals surface area contributed by atoms with Crippen molar-refractivity contribution in [2.45, 2.75) is 423 Å². The highest BCUT2D eigenvalue weighted by Gasteiger charge is 2.44. The lowest BCUT2D eigenvalue weighted by atomic mass is 9.99. The Morgan fingerprint density at radius 1 is 0.419 bits per heavy atom. The molecule has 0 aromatic carbocycles. The minimum absolute atomic E-state index is 0.0156. The summed E-state index contributed by atoms with van der Waals surface area (Å²) in [4.78, 5) is 25.1. The van der Waals surface area contributed by atoms with Gasteiger partial charge in [-0.3, -0.25) is 9.59 Å². The number of unbranched alkanes of at least 4 members (excludes halogenated alkanes) is 51. The second kappa shape index (κ2) is 64.7. The third-order valence-corrected chi connectivity index (χ3v) is 18.1. The van der Waals surface area contributed by atoms with E-state index in [1.54, 1.807) is 6.08 Å². The average Bonchev–Trinajstić information content (AvgIpc) is 3.69. The maximum Gasteiger partial charge on any atom is 0.305 e. The monoisotopic (exact) mass is 1220 g/mol. The van der Waals surface area contributed by atoms with Crippen molar-refractivity contribution in [2.75, 3.05) is 19.8 Å². The lowest BCUT2D eigenvalue weighted by molar-refractivity contribution is -0.302. The second-order valence-corrected chi connectivity index (χ2v) is 26.4. The summed E-state index contributed by atoms with van der Waals surface area (Å²) < 4.78 is 16.7. The predicted molar refractivity (Wildman–Crippen MR) is 361 cm³/mol. The van der Waals surface area contributed by atoms with Crippen molar-refractivity contribution < 1.29 is 49.3 Å². The normalized spacial score (nSPS) is 18.0. The van der Waals surface area contributed by atoms with Gasteiger partial charge in [-0.1, -0.05) is 346 Å². The first-order valence-electron chi connectivity index (χ1n) is 37.6. The number of hydrogen-bond donors (Lipinski definition) is 6. The van der Waals surface area contributed by atoms with Crippen molar-refractivity contribution in [1.82, 2.24) is 5.32 Å². The van der Waals surface area contributed by atoms with Gasteiger partial charge in [0.15, 0.2) is 6.29 Å². The van der Waals surface area contributed by atoms with Crippen LogP contribution in [0.15, 0.2) is 24.3 Å². The zero-order chi connectivity index (χ0) is 62.3. The summed E-state index contributed by atoms with van der Waals surface area (Å²) in [7, 11) is 0. The van der Waals surface area contributed by atoms with E-state index >= 15 is 0 Å². The molecule has 11 nitrogen and oxygen atoms in total. The molecule has 86 heavy (non-hydrogen) atoms. The Morgan fingerprint density at radius 3 is 1.15 bits per heavy atom. The van der Waals surface area contributed by atoms with Crippen LogP contribution in [-0.2, 0) is 23.8 Å². The van der Waals surface area contributed by atoms with E-state index in [1.165, 1.54) is 302 Å². The highest BCUT2D eigenvalue weighted by atomic mass is 16.7. The molecule has 0 bridgehead atoms. The van der Waals surface area contributed by atoms with Gasteiger partial charge in [0.25, 0.3) is 0 Å². The smallest absolute Gasteiger partial charge is 0.305 e. The van der Waals surface area contributed by atoms with Crippen LogP contribution < -0.4 is 5.32 Å². The van der Waals surface area contributed by atoms with E-state index in [-0.39, 0.29) is 18.5 Å². The Labute approximate surface area is 531 Å². The largest absolute Gasteiger partial charge is 0.466 e. The Hall–Kier alpha value is -1.86. The zero-order valence-electron chi connectivity index (χ0n) is 56.6. The van der Waals surface area contributed by atoms with Gasteiger partial charge in [0.1, 0.15) is 24.4 Å². The van der Waals surface area contributed by atoms with E-state index in [1.807, 2.05) is 6.08 Å². The molecule has 508 valence electrons. The molecule has 1 amide bonds. The number of hydrogen-bond acceptors (Lipinski definition) is 10. The van der Waals surface area contributed by atoms with Crippen LogP contribution in [0, 0.1) is 0 Å². The van der Waals surface area contributed by atoms with Crippen molar-refractivity contribution in [1.29, 1.82) is 0 Å². The molecule has 1 fully saturated rings. The van der Waals surface area contributed by atoms with Crippen LogP contribution in [0.25, 0.3) is 0 Å². The summed E-state index contributed by atoms with van der Waals surface area (Å²) in [5.74, 6) is -0.169. The van der Waals surface area contributed by atoms with Gasteiger partial charge < -0.3 is 45.1 Å². The number of esters is 1. The molecule has 11 heteroatoms. The number of aliphatic hydroxyl groups excluding tert-OH is 5. The van der Waals surface area contributed by atoms with Crippen molar-refractivity contribution >= 4 is 11.9 Å². The molecule has 0 radical (unpaired) electrons. The van der Waals surface area contributed by atoms with Crippen molar-refractivity contribution in [3.8, 4) is 0 Å². The van der Waals surface area contributed by atoms with Crippen molar-refractivity contribution in [3.05, 3.63) is 24.3 Å². The number of aliphatic hydroxyl groups is 5. The molecule has 0 spiro atoms. The number of rotatable bonds is 67. The fourth-order valence-electron chi connectivity index (χ4n) is 12.2. The Balaban J connectivity index is 1.92. The van der Waals surface area contributed by atoms with Gasteiger partial charge in [0.05, 0.1) is 32.0 Å². The van der Waals surface area contributed by atoms with Crippen LogP contribution in [0.2, 0.25) is 0 Å². The molecular weight excluding hydrogens is 1070 g/mol. The molecule has 1 aliphatic heterocycles. The van der Waals surface area contributed by atoms with Crippen LogP contribution >= 0.6 is 0 Å². The molecule has 7 atom stereocenters. The molecule has 0 saturated carbocycles. The van der Waals surface area contributed by atoms with E-state index in [0.29, 0.717) is 19.4 Å². The maximum atomic E-state index is 13.1. The summed E-state index contributed by atoms with van der Waals surface area (Å²) in [6.45, 7) is 4.37. The minimum atomic E-state index is -1.57. The maximum absolute atomic E-state index is 13.1. The van der Waals surface area contributed by atoms with Gasteiger partial charge in [0.2, 0.25) is 5.91 Å². The quantitative estimate of drug-likeness (QED) is 0.0195. The number of ether oxygens (including phenoxy) is 3. The van der Waals surface area contributed by atoms with E-state index < -0.39 is 49.5 Å². The lowest BCUT2D eigenvalue weighted by Gasteiger charge is -2.40. The molecule has 6 N–H and O–H groups in total. The van der Waals surface area contributed by atoms with E-state index in [0.717, 1.165) is 51.4 Å². The standard InChI is InChI=1S/C75H143NO10/c1-3-5-7-9-11-13-15-38-41-45-49-53-57-61-68(78)67(66-85-75-74(83)73(82)72(81)69(65-77)86-75)76-70(79)62-58-54-50-46-42-39-36-34-32-30-28-26-24-22-20-18-17-19-21-23-25-27-29-31-33-35-37-40-44-48-52-56-60-64-84-71(80)63-59-55-51-47-43-16-14-12-10-8-6-4-2/h41,45,57,61,67-69,72-75,77-78,81-83H,3-40,42-44,46-56,58-60,62-66H2,1-2H3,(H,76,79)/b45-41+,61-57+. The number of allylic oxidation sites excluding steroid dienone is 3. The third kappa shape index (κ3) is 52.9. The van der Waals surface area contributed by atoms with Gasteiger partial charge in [-0.2, -0.15) is 0 Å². The van der Waals surface area contributed by atoms with Crippen LogP contribution in [0.5, 0.6) is 0 Å². The van der Waals surface area contributed by atoms with Crippen LogP contribution in [-0.4, -0.2) is 100 Å². The third-order valence-electron chi connectivity index (χ3n) is 18.1. The van der Waals surface area contributed by atoms with Crippen LogP contribution in [0.1, 0.15) is 380 Å². The highest BCUT2D eigenvalue weighted by Crippen LogP contribution is 2.24. The number of carbonyl (C=O) groups excluding carboxylic acids is 2. The number of nitrogens with one attached hydrogen (secondary N) is 1. The summed E-state index contributed by atoms with van der Waals surface area (Å²) in [6, 6.07) is -0.823. The lowest BCUT2D eigenvalue weighted by Crippen LogP contribution is -2.60. The SMILES string of the molecule is CCCCCCCCC/C=C/CC/C=C/C(O)C(COC1OC(CO)C(O)C(O)C1O)NC(=O)CCCCCCCCCCCCCCCCCCCCCCCCCCCCCCCCCCCOC(=O)CCCCCCCCCCCCCC. The van der Waals surface area contributed by atoms with E-state index in [2.05, 4.69) is 31.3 Å². The molecule has 0 aromatic rings. The first kappa shape index (κ1) is 82.2. The number of carbonyl (C=O) groups is 2. The molecular formula is C75H143NO10. The molecule has 0 aromatic heterocycles. The second-order valence-electron chi connectivity index (χ2n) is 26.4. The minimum Gasteiger partial charge on any atom is -0.466 e. The van der Waals surface area contributed by atoms with Crippen molar-refractivity contribution in [2.24, 2.45) is 0 Å². The first-order chi connectivity index (χ1) is 42.2. The average molecular weight is 1220 g/mol. The summed E-state index contributed by atoms with van der Waals surface area (Å²) in [5, 5.41) is 54.5. The van der Waals surface area contributed by atoms with E-state index in [4.69, 9.17) is 14.2 Å². The Bertz CT molecular complexity index is 1480. The van der Waals surface area contributed by atoms with Crippen LogP contribution in [0.4, 0.5) is 0 Å².